The monoisotopic (exact) mass is 178 g/mol. The number of hydrogen-bond donors (Lipinski definition) is 1. The lowest BCUT2D eigenvalue weighted by Gasteiger charge is -2.31. The Hall–Kier alpha value is -0.130. The summed E-state index contributed by atoms with van der Waals surface area (Å²) in [6.45, 7) is 2.23. The van der Waals surface area contributed by atoms with Gasteiger partial charge < -0.3 is 5.32 Å². The molecule has 1 saturated heterocycles. The molecule has 1 fully saturated rings. The first-order valence-electron chi connectivity index (χ1n) is 3.61. The first kappa shape index (κ1) is 8.96. The van der Waals surface area contributed by atoms with Crippen LogP contribution in [0.25, 0.3) is 0 Å². The standard InChI is InChI=1S/C6H14N2O2S/c1-8-4-3-7-5-6(8)11(2,9)10/h6-7H,3-5H2,1-2H3. The van der Waals surface area contributed by atoms with E-state index in [0.717, 1.165) is 13.1 Å². The van der Waals surface area contributed by atoms with E-state index in [2.05, 4.69) is 5.32 Å². The third-order valence-electron chi connectivity index (χ3n) is 1.95. The van der Waals surface area contributed by atoms with Gasteiger partial charge in [-0.3, -0.25) is 4.90 Å². The number of nitrogens with zero attached hydrogens (tertiary/aromatic N) is 1. The predicted octanol–water partition coefficient (Wildman–Crippen LogP) is -1.11. The van der Waals surface area contributed by atoms with Crippen molar-refractivity contribution < 1.29 is 8.42 Å². The Labute approximate surface area is 67.5 Å². The number of rotatable bonds is 1. The molecule has 1 rings (SSSR count). The van der Waals surface area contributed by atoms with Crippen LogP contribution in [0.4, 0.5) is 0 Å². The second-order valence-corrected chi connectivity index (χ2v) is 5.17. The first-order chi connectivity index (χ1) is 5.02. The molecule has 66 valence electrons. The Morgan fingerprint density at radius 2 is 2.18 bits per heavy atom. The Morgan fingerprint density at radius 3 is 2.55 bits per heavy atom. The lowest BCUT2D eigenvalue weighted by molar-refractivity contribution is 0.256. The zero-order chi connectivity index (χ0) is 8.48. The van der Waals surface area contributed by atoms with Crippen molar-refractivity contribution in [2.45, 2.75) is 5.37 Å². The maximum atomic E-state index is 11.1. The lowest BCUT2D eigenvalue weighted by Crippen LogP contribution is -2.52. The van der Waals surface area contributed by atoms with E-state index in [-0.39, 0.29) is 5.37 Å². The van der Waals surface area contributed by atoms with Crippen LogP contribution in [0.1, 0.15) is 0 Å². The van der Waals surface area contributed by atoms with Crippen LogP contribution in [0.2, 0.25) is 0 Å². The minimum atomic E-state index is -2.91. The highest BCUT2D eigenvalue weighted by Gasteiger charge is 2.27. The van der Waals surface area contributed by atoms with Crippen LogP contribution in [0.5, 0.6) is 0 Å². The van der Waals surface area contributed by atoms with E-state index in [4.69, 9.17) is 0 Å². The highest BCUT2D eigenvalue weighted by molar-refractivity contribution is 7.91. The van der Waals surface area contributed by atoms with Gasteiger partial charge in [-0.1, -0.05) is 0 Å². The molecule has 5 heteroatoms. The summed E-state index contributed by atoms with van der Waals surface area (Å²) in [5, 5.41) is 2.71. The van der Waals surface area contributed by atoms with Gasteiger partial charge in [0.05, 0.1) is 0 Å². The maximum Gasteiger partial charge on any atom is 0.164 e. The Balaban J connectivity index is 2.70. The van der Waals surface area contributed by atoms with Gasteiger partial charge in [0.25, 0.3) is 0 Å². The van der Waals surface area contributed by atoms with Crippen molar-refractivity contribution in [2.75, 3.05) is 32.9 Å². The lowest BCUT2D eigenvalue weighted by atomic mass is 10.4. The Morgan fingerprint density at radius 1 is 1.55 bits per heavy atom. The molecule has 11 heavy (non-hydrogen) atoms. The first-order valence-corrected chi connectivity index (χ1v) is 5.57. The van der Waals surface area contributed by atoms with E-state index in [0.29, 0.717) is 6.54 Å². The van der Waals surface area contributed by atoms with Crippen molar-refractivity contribution in [3.8, 4) is 0 Å². The molecule has 0 aliphatic carbocycles. The molecule has 1 aliphatic rings. The van der Waals surface area contributed by atoms with Crippen LogP contribution in [0.15, 0.2) is 0 Å². The van der Waals surface area contributed by atoms with E-state index in [9.17, 15) is 8.42 Å². The topological polar surface area (TPSA) is 49.4 Å². The summed E-state index contributed by atoms with van der Waals surface area (Å²) in [5.74, 6) is 0. The molecule has 1 heterocycles. The van der Waals surface area contributed by atoms with Crippen molar-refractivity contribution in [1.29, 1.82) is 0 Å². The van der Waals surface area contributed by atoms with Crippen molar-refractivity contribution in [2.24, 2.45) is 0 Å². The normalized spacial score (nSPS) is 28.7. The second-order valence-electron chi connectivity index (χ2n) is 2.97. The zero-order valence-corrected chi connectivity index (χ0v) is 7.69. The molecule has 1 atom stereocenters. The molecule has 0 aromatic heterocycles. The summed E-state index contributed by atoms with van der Waals surface area (Å²) in [6, 6.07) is 0. The summed E-state index contributed by atoms with van der Waals surface area (Å²) in [6.07, 6.45) is 1.28. The molecule has 0 saturated carbocycles. The second kappa shape index (κ2) is 3.08. The fourth-order valence-electron chi connectivity index (χ4n) is 1.26. The number of nitrogens with one attached hydrogen (secondary N) is 1. The highest BCUT2D eigenvalue weighted by atomic mass is 32.2. The van der Waals surface area contributed by atoms with Crippen LogP contribution in [-0.2, 0) is 9.84 Å². The number of likely N-dealkylation sites (N-methyl/N-ethyl adjacent to an activating group) is 1. The quantitative estimate of drug-likeness (QED) is 0.553. The molecule has 0 spiro atoms. The minimum absolute atomic E-state index is 0.337. The molecule has 0 amide bonds. The molecule has 0 bridgehead atoms. The van der Waals surface area contributed by atoms with E-state index in [1.165, 1.54) is 6.26 Å². The van der Waals surface area contributed by atoms with E-state index in [1.807, 2.05) is 11.9 Å². The van der Waals surface area contributed by atoms with Crippen molar-refractivity contribution in [1.82, 2.24) is 10.2 Å². The van der Waals surface area contributed by atoms with Gasteiger partial charge in [0.15, 0.2) is 9.84 Å². The van der Waals surface area contributed by atoms with Crippen LogP contribution < -0.4 is 5.32 Å². The summed E-state index contributed by atoms with van der Waals surface area (Å²) in [4.78, 5) is 1.87. The van der Waals surface area contributed by atoms with Crippen LogP contribution in [0.3, 0.4) is 0 Å². The largest absolute Gasteiger partial charge is 0.313 e. The van der Waals surface area contributed by atoms with Crippen molar-refractivity contribution >= 4 is 9.84 Å². The zero-order valence-electron chi connectivity index (χ0n) is 6.87. The third-order valence-corrected chi connectivity index (χ3v) is 3.46. The van der Waals surface area contributed by atoms with Gasteiger partial charge >= 0.3 is 0 Å². The van der Waals surface area contributed by atoms with Gasteiger partial charge in [-0.15, -0.1) is 0 Å². The SMILES string of the molecule is CN1CCNCC1S(C)(=O)=O. The van der Waals surface area contributed by atoms with Gasteiger partial charge in [0.2, 0.25) is 0 Å². The molecule has 0 aromatic carbocycles. The molecule has 1 aliphatic heterocycles. The van der Waals surface area contributed by atoms with Gasteiger partial charge in [-0.05, 0) is 7.05 Å². The molecule has 0 aromatic rings. The molecular formula is C6H14N2O2S. The average Bonchev–Trinajstić information content (AvgIpc) is 1.86. The van der Waals surface area contributed by atoms with Gasteiger partial charge in [-0.25, -0.2) is 8.42 Å². The highest BCUT2D eigenvalue weighted by Crippen LogP contribution is 2.05. The summed E-state index contributed by atoms with van der Waals surface area (Å²) >= 11 is 0. The van der Waals surface area contributed by atoms with Crippen LogP contribution in [-0.4, -0.2) is 51.6 Å². The molecule has 0 radical (unpaired) electrons. The van der Waals surface area contributed by atoms with Crippen molar-refractivity contribution in [3.63, 3.8) is 0 Å². The summed E-state index contributed by atoms with van der Waals surface area (Å²) in [5.41, 5.74) is 0. The predicted molar refractivity (Wildman–Crippen MR) is 44.1 cm³/mol. The molecule has 1 N–H and O–H groups in total. The third kappa shape index (κ3) is 2.15. The molecular weight excluding hydrogens is 164 g/mol. The number of piperazine rings is 1. The Kier molecular flexibility index (Phi) is 2.51. The fourth-order valence-corrected chi connectivity index (χ4v) is 2.44. The number of sulfone groups is 1. The van der Waals surface area contributed by atoms with Crippen molar-refractivity contribution in [3.05, 3.63) is 0 Å². The van der Waals surface area contributed by atoms with Gasteiger partial charge in [0, 0.05) is 25.9 Å². The maximum absolute atomic E-state index is 11.1. The van der Waals surface area contributed by atoms with Gasteiger partial charge in [0.1, 0.15) is 5.37 Å². The fraction of sp³-hybridized carbons (Fsp3) is 1.00. The average molecular weight is 178 g/mol. The Bertz CT molecular complexity index is 225. The van der Waals surface area contributed by atoms with Crippen LogP contribution in [0, 0.1) is 0 Å². The summed E-state index contributed by atoms with van der Waals surface area (Å²) in [7, 11) is -1.07. The molecule has 4 nitrogen and oxygen atoms in total. The van der Waals surface area contributed by atoms with E-state index >= 15 is 0 Å². The van der Waals surface area contributed by atoms with E-state index < -0.39 is 9.84 Å². The summed E-state index contributed by atoms with van der Waals surface area (Å²) < 4.78 is 22.2. The smallest absolute Gasteiger partial charge is 0.164 e. The molecule has 1 unspecified atom stereocenters. The van der Waals surface area contributed by atoms with Crippen LogP contribution >= 0.6 is 0 Å². The minimum Gasteiger partial charge on any atom is -0.313 e. The van der Waals surface area contributed by atoms with E-state index in [1.54, 1.807) is 0 Å². The van der Waals surface area contributed by atoms with Gasteiger partial charge in [-0.2, -0.15) is 0 Å². The number of hydrogen-bond acceptors (Lipinski definition) is 4.